The summed E-state index contributed by atoms with van der Waals surface area (Å²) in [4.78, 5) is 26.4. The van der Waals surface area contributed by atoms with E-state index < -0.39 is 11.6 Å². The fraction of sp³-hybridized carbons (Fsp3) is 0.517. The number of carboxylic acid groups (broad SMARTS) is 1. The van der Waals surface area contributed by atoms with Gasteiger partial charge in [-0.3, -0.25) is 0 Å². The molecule has 0 fully saturated rings. The minimum atomic E-state index is -1.31. The lowest BCUT2D eigenvalue weighted by atomic mass is 10.0. The normalized spacial score (nSPS) is 11.4. The van der Waals surface area contributed by atoms with Crippen LogP contribution in [0.15, 0.2) is 48.5 Å². The first kappa shape index (κ1) is 28.2. The molecule has 0 aliphatic carbocycles. The Kier molecular flexibility index (Phi) is 11.1. The lowest BCUT2D eigenvalue weighted by Gasteiger charge is -2.24. The van der Waals surface area contributed by atoms with Crippen LogP contribution in [0.1, 0.15) is 83.8 Å². The highest BCUT2D eigenvalue weighted by molar-refractivity contribution is 5.89. The van der Waals surface area contributed by atoms with E-state index >= 15 is 0 Å². The van der Waals surface area contributed by atoms with Crippen molar-refractivity contribution in [1.82, 2.24) is 4.90 Å². The number of urea groups is 1. The molecule has 0 saturated heterocycles. The third-order valence-corrected chi connectivity index (χ3v) is 6.10. The minimum Gasteiger partial charge on any atom is -0.478 e. The molecule has 2 N–H and O–H groups in total. The van der Waals surface area contributed by atoms with Gasteiger partial charge in [-0.15, -0.1) is 0 Å². The van der Waals surface area contributed by atoms with Crippen LogP contribution in [0.5, 0.6) is 5.75 Å². The molecule has 0 heterocycles. The monoisotopic (exact) mass is 482 g/mol. The summed E-state index contributed by atoms with van der Waals surface area (Å²) in [5.74, 6) is -0.0638. The van der Waals surface area contributed by atoms with Gasteiger partial charge in [0, 0.05) is 18.8 Å². The van der Waals surface area contributed by atoms with Crippen LogP contribution in [-0.2, 0) is 11.2 Å². The number of hydrogen-bond acceptors (Lipinski definition) is 3. The lowest BCUT2D eigenvalue weighted by molar-refractivity contribution is -0.152. The number of aliphatic carboxylic acids is 1. The Bertz CT molecular complexity index is 938. The molecule has 0 bridgehead atoms. The van der Waals surface area contributed by atoms with Crippen molar-refractivity contribution in [1.29, 1.82) is 0 Å². The molecule has 2 aromatic rings. The summed E-state index contributed by atoms with van der Waals surface area (Å²) in [6.07, 6.45) is 6.31. The minimum absolute atomic E-state index is 0.0998. The molecule has 2 aromatic carbocycles. The molecule has 0 aliphatic heterocycles. The molecular formula is C29H42N2O4. The third-order valence-electron chi connectivity index (χ3n) is 6.10. The average molecular weight is 483 g/mol. The van der Waals surface area contributed by atoms with Crippen LogP contribution in [0, 0.1) is 0 Å². The van der Waals surface area contributed by atoms with Gasteiger partial charge < -0.3 is 20.1 Å². The van der Waals surface area contributed by atoms with Crippen molar-refractivity contribution in [2.45, 2.75) is 84.7 Å². The average Bonchev–Trinajstić information content (AvgIpc) is 2.81. The van der Waals surface area contributed by atoms with E-state index in [1.54, 1.807) is 6.07 Å². The Hall–Kier alpha value is -3.02. The van der Waals surface area contributed by atoms with Crippen LogP contribution in [0.2, 0.25) is 0 Å². The number of anilines is 1. The Morgan fingerprint density at radius 3 is 2.31 bits per heavy atom. The van der Waals surface area contributed by atoms with Gasteiger partial charge >= 0.3 is 12.0 Å². The van der Waals surface area contributed by atoms with E-state index in [0.29, 0.717) is 31.2 Å². The summed E-state index contributed by atoms with van der Waals surface area (Å²) in [5.41, 5.74) is 1.72. The van der Waals surface area contributed by atoms with Gasteiger partial charge in [0.1, 0.15) is 5.75 Å². The van der Waals surface area contributed by atoms with Crippen LogP contribution in [-0.4, -0.2) is 40.7 Å². The standard InChI is InChI=1S/C29H42N2O4/c1-6-7-8-9-10-19-31(28(34)30-25-16-14-24(15-17-25)22(2)3)20-18-23-12-11-13-26(21-23)35-29(4,5)27(32)33/h11-17,21-22H,6-10,18-20H2,1-5H3,(H,30,34)(H,32,33). The van der Waals surface area contributed by atoms with Gasteiger partial charge in [0.05, 0.1) is 0 Å². The first-order chi connectivity index (χ1) is 16.6. The van der Waals surface area contributed by atoms with Crippen LogP contribution in [0.25, 0.3) is 0 Å². The Balaban J connectivity index is 2.04. The van der Waals surface area contributed by atoms with Gasteiger partial charge in [0.25, 0.3) is 0 Å². The van der Waals surface area contributed by atoms with Gasteiger partial charge in [-0.2, -0.15) is 0 Å². The SMILES string of the molecule is CCCCCCCN(CCc1cccc(OC(C)(C)C(=O)O)c1)C(=O)Nc1ccc(C(C)C)cc1. The van der Waals surface area contributed by atoms with E-state index in [0.717, 1.165) is 24.1 Å². The summed E-state index contributed by atoms with van der Waals surface area (Å²) >= 11 is 0. The maximum absolute atomic E-state index is 13.1. The number of rotatable bonds is 14. The second kappa shape index (κ2) is 13.8. The van der Waals surface area contributed by atoms with E-state index in [1.807, 2.05) is 35.2 Å². The maximum Gasteiger partial charge on any atom is 0.347 e. The number of unbranched alkanes of at least 4 members (excludes halogenated alkanes) is 4. The number of ether oxygens (including phenoxy) is 1. The third kappa shape index (κ3) is 9.63. The molecule has 0 aliphatic rings. The summed E-state index contributed by atoms with van der Waals surface area (Å²) in [7, 11) is 0. The van der Waals surface area contributed by atoms with Gasteiger partial charge in [-0.25, -0.2) is 9.59 Å². The van der Waals surface area contributed by atoms with Crippen LogP contribution in [0.3, 0.4) is 0 Å². The zero-order valence-electron chi connectivity index (χ0n) is 22.0. The van der Waals surface area contributed by atoms with E-state index in [4.69, 9.17) is 4.74 Å². The molecule has 192 valence electrons. The first-order valence-corrected chi connectivity index (χ1v) is 12.8. The molecule has 0 atom stereocenters. The molecule has 2 rings (SSSR count). The van der Waals surface area contributed by atoms with Crippen molar-refractivity contribution in [2.75, 3.05) is 18.4 Å². The number of hydrogen-bond donors (Lipinski definition) is 2. The van der Waals surface area contributed by atoms with Crippen molar-refractivity contribution in [3.8, 4) is 5.75 Å². The van der Waals surface area contributed by atoms with Crippen LogP contribution >= 0.6 is 0 Å². The molecule has 6 heteroatoms. The fourth-order valence-corrected chi connectivity index (χ4v) is 3.74. The number of carbonyl (C=O) groups excluding carboxylic acids is 1. The van der Waals surface area contributed by atoms with Crippen molar-refractivity contribution in [2.24, 2.45) is 0 Å². The number of nitrogens with one attached hydrogen (secondary N) is 1. The van der Waals surface area contributed by atoms with Crippen molar-refractivity contribution in [3.63, 3.8) is 0 Å². The van der Waals surface area contributed by atoms with Crippen molar-refractivity contribution < 1.29 is 19.4 Å². The highest BCUT2D eigenvalue weighted by Crippen LogP contribution is 2.21. The number of carbonyl (C=O) groups is 2. The van der Waals surface area contributed by atoms with Gasteiger partial charge in [0.15, 0.2) is 5.60 Å². The van der Waals surface area contributed by atoms with E-state index in [9.17, 15) is 14.7 Å². The maximum atomic E-state index is 13.1. The highest BCUT2D eigenvalue weighted by Gasteiger charge is 2.29. The molecule has 6 nitrogen and oxygen atoms in total. The van der Waals surface area contributed by atoms with Crippen LogP contribution in [0.4, 0.5) is 10.5 Å². The largest absolute Gasteiger partial charge is 0.478 e. The van der Waals surface area contributed by atoms with E-state index in [2.05, 4.69) is 38.2 Å². The van der Waals surface area contributed by atoms with Gasteiger partial charge in [-0.05, 0) is 68.0 Å². The van der Waals surface area contributed by atoms with Gasteiger partial charge in [0.2, 0.25) is 0 Å². The number of amides is 2. The zero-order chi connectivity index (χ0) is 25.8. The molecule has 0 spiro atoms. The number of carboxylic acids is 1. The lowest BCUT2D eigenvalue weighted by Crippen LogP contribution is -2.38. The van der Waals surface area contributed by atoms with Crippen molar-refractivity contribution >= 4 is 17.7 Å². The van der Waals surface area contributed by atoms with E-state index in [1.165, 1.54) is 38.7 Å². The summed E-state index contributed by atoms with van der Waals surface area (Å²) in [5, 5.41) is 12.4. The predicted octanol–water partition coefficient (Wildman–Crippen LogP) is 7.10. The second-order valence-electron chi connectivity index (χ2n) is 9.92. The quantitative estimate of drug-likeness (QED) is 0.282. The Morgan fingerprint density at radius 2 is 1.69 bits per heavy atom. The van der Waals surface area contributed by atoms with Crippen LogP contribution < -0.4 is 10.1 Å². The second-order valence-corrected chi connectivity index (χ2v) is 9.92. The summed E-state index contributed by atoms with van der Waals surface area (Å²) in [6.45, 7) is 10.8. The van der Waals surface area contributed by atoms with Crippen molar-refractivity contribution in [3.05, 3.63) is 59.7 Å². The highest BCUT2D eigenvalue weighted by atomic mass is 16.5. The smallest absolute Gasteiger partial charge is 0.347 e. The first-order valence-electron chi connectivity index (χ1n) is 12.8. The molecule has 0 unspecified atom stereocenters. The number of nitrogens with zero attached hydrogens (tertiary/aromatic N) is 1. The van der Waals surface area contributed by atoms with E-state index in [-0.39, 0.29) is 6.03 Å². The Morgan fingerprint density at radius 1 is 1.00 bits per heavy atom. The molecule has 35 heavy (non-hydrogen) atoms. The topological polar surface area (TPSA) is 78.9 Å². The molecule has 0 aromatic heterocycles. The molecule has 0 radical (unpaired) electrons. The Labute approximate surface area is 210 Å². The molecular weight excluding hydrogens is 440 g/mol. The molecule has 0 saturated carbocycles. The van der Waals surface area contributed by atoms with Gasteiger partial charge in [-0.1, -0.05) is 70.7 Å². The zero-order valence-corrected chi connectivity index (χ0v) is 22.0. The number of benzene rings is 2. The summed E-state index contributed by atoms with van der Waals surface area (Å²) < 4.78 is 5.67. The summed E-state index contributed by atoms with van der Waals surface area (Å²) in [6, 6.07) is 15.4. The molecule has 2 amide bonds. The predicted molar refractivity (Wildman–Crippen MR) is 142 cm³/mol. The fourth-order valence-electron chi connectivity index (χ4n) is 3.74.